The molecule has 0 aliphatic heterocycles. The fourth-order valence-corrected chi connectivity index (χ4v) is 1.33. The first-order valence-electron chi connectivity index (χ1n) is 3.40. The number of sulfone groups is 1. The minimum atomic E-state index is -2.96. The van der Waals surface area contributed by atoms with E-state index in [-0.39, 0.29) is 18.3 Å². The summed E-state index contributed by atoms with van der Waals surface area (Å²) in [6.07, 6.45) is 1.48. The van der Waals surface area contributed by atoms with Gasteiger partial charge in [-0.1, -0.05) is 5.11 Å². The molecule has 0 saturated carbocycles. The Labute approximate surface area is 71.3 Å². The van der Waals surface area contributed by atoms with E-state index in [0.717, 1.165) is 6.26 Å². The van der Waals surface area contributed by atoms with Crippen molar-refractivity contribution in [3.05, 3.63) is 10.4 Å². The topological polar surface area (TPSA) is 109 Å². The first-order chi connectivity index (χ1) is 5.45. The highest BCUT2D eigenvalue weighted by atomic mass is 32.2. The minimum Gasteiger partial charge on any atom is -0.328 e. The van der Waals surface area contributed by atoms with Gasteiger partial charge in [0.15, 0.2) is 0 Å². The predicted octanol–water partition coefficient (Wildman–Crippen LogP) is 0.0587. The fraction of sp³-hybridized carbons (Fsp3) is 1.00. The van der Waals surface area contributed by atoms with Crippen LogP contribution in [0, 0.1) is 0 Å². The van der Waals surface area contributed by atoms with Crippen LogP contribution in [0.15, 0.2) is 5.11 Å². The molecule has 0 heterocycles. The van der Waals surface area contributed by atoms with Crippen molar-refractivity contribution in [2.75, 3.05) is 18.6 Å². The van der Waals surface area contributed by atoms with E-state index in [1.165, 1.54) is 0 Å². The largest absolute Gasteiger partial charge is 0.328 e. The summed E-state index contributed by atoms with van der Waals surface area (Å²) in [5, 5.41) is 3.23. The average Bonchev–Trinajstić information content (AvgIpc) is 1.95. The number of nitrogens with two attached hydrogens (primary N) is 1. The molecule has 7 heteroatoms. The van der Waals surface area contributed by atoms with Crippen LogP contribution in [0.1, 0.15) is 6.42 Å². The molecule has 0 radical (unpaired) electrons. The Balaban J connectivity index is 3.72. The molecule has 0 spiro atoms. The van der Waals surface area contributed by atoms with Crippen molar-refractivity contribution in [2.24, 2.45) is 10.8 Å². The quantitative estimate of drug-likeness (QED) is 0.377. The SMILES string of the molecule is CS(=O)(=O)CC[C@@H](N)CN=[N+]=[N-]. The maximum atomic E-state index is 10.7. The van der Waals surface area contributed by atoms with Gasteiger partial charge in [0.25, 0.3) is 0 Å². The second-order valence-corrected chi connectivity index (χ2v) is 4.85. The Hall–Kier alpha value is -0.780. The molecule has 12 heavy (non-hydrogen) atoms. The normalized spacial score (nSPS) is 13.5. The Morgan fingerprint density at radius 3 is 2.67 bits per heavy atom. The Morgan fingerprint density at radius 2 is 2.25 bits per heavy atom. The van der Waals surface area contributed by atoms with Gasteiger partial charge >= 0.3 is 0 Å². The van der Waals surface area contributed by atoms with Gasteiger partial charge in [-0.3, -0.25) is 0 Å². The van der Waals surface area contributed by atoms with Gasteiger partial charge in [0.1, 0.15) is 9.84 Å². The van der Waals surface area contributed by atoms with E-state index >= 15 is 0 Å². The summed E-state index contributed by atoms with van der Waals surface area (Å²) in [6, 6.07) is -0.365. The van der Waals surface area contributed by atoms with Gasteiger partial charge in [0.05, 0.1) is 5.75 Å². The third-order valence-electron chi connectivity index (χ3n) is 1.24. The predicted molar refractivity (Wildman–Crippen MR) is 46.3 cm³/mol. The third-order valence-corrected chi connectivity index (χ3v) is 2.22. The summed E-state index contributed by atoms with van der Waals surface area (Å²) in [7, 11) is -2.96. The van der Waals surface area contributed by atoms with Crippen molar-refractivity contribution in [3.8, 4) is 0 Å². The molecule has 0 saturated heterocycles. The Morgan fingerprint density at radius 1 is 1.67 bits per heavy atom. The van der Waals surface area contributed by atoms with Gasteiger partial charge in [0, 0.05) is 23.8 Å². The molecule has 1 atom stereocenters. The standard InChI is InChI=1S/C5H12N4O2S/c1-12(10,11)3-2-5(6)4-8-9-7/h5H,2-4,6H2,1H3/t5-/m1/s1. The smallest absolute Gasteiger partial charge is 0.147 e. The Kier molecular flexibility index (Phi) is 4.65. The zero-order valence-electron chi connectivity index (χ0n) is 6.84. The monoisotopic (exact) mass is 192 g/mol. The molecule has 0 aromatic carbocycles. The van der Waals surface area contributed by atoms with Crippen LogP contribution in [0.4, 0.5) is 0 Å². The van der Waals surface area contributed by atoms with Crippen LogP contribution in [0.3, 0.4) is 0 Å². The molecule has 70 valence electrons. The molecule has 0 aromatic rings. The molecular formula is C5H12N4O2S. The molecule has 0 amide bonds. The van der Waals surface area contributed by atoms with E-state index in [9.17, 15) is 8.42 Å². The molecule has 0 aliphatic carbocycles. The summed E-state index contributed by atoms with van der Waals surface area (Å²) in [5.74, 6) is 0.0368. The second-order valence-electron chi connectivity index (χ2n) is 2.59. The van der Waals surface area contributed by atoms with Crippen LogP contribution in [-0.4, -0.2) is 33.0 Å². The lowest BCUT2D eigenvalue weighted by Crippen LogP contribution is -2.26. The van der Waals surface area contributed by atoms with Gasteiger partial charge in [-0.25, -0.2) is 8.42 Å². The van der Waals surface area contributed by atoms with Gasteiger partial charge in [-0.05, 0) is 12.0 Å². The molecule has 0 fully saturated rings. The fourth-order valence-electron chi connectivity index (χ4n) is 0.598. The first-order valence-corrected chi connectivity index (χ1v) is 5.46. The molecule has 0 aromatic heterocycles. The van der Waals surface area contributed by atoms with Crippen LogP contribution in [0.25, 0.3) is 10.4 Å². The summed E-state index contributed by atoms with van der Waals surface area (Å²) in [4.78, 5) is 2.52. The van der Waals surface area contributed by atoms with Crippen molar-refractivity contribution < 1.29 is 8.42 Å². The Bertz CT molecular complexity index is 267. The van der Waals surface area contributed by atoms with E-state index in [4.69, 9.17) is 11.3 Å². The van der Waals surface area contributed by atoms with Crippen LogP contribution >= 0.6 is 0 Å². The van der Waals surface area contributed by atoms with E-state index in [2.05, 4.69) is 10.0 Å². The number of rotatable bonds is 5. The molecule has 6 nitrogen and oxygen atoms in total. The van der Waals surface area contributed by atoms with Crippen molar-refractivity contribution in [1.29, 1.82) is 0 Å². The third kappa shape index (κ3) is 7.33. The number of azide groups is 1. The van der Waals surface area contributed by atoms with Gasteiger partial charge in [0.2, 0.25) is 0 Å². The highest BCUT2D eigenvalue weighted by Gasteiger charge is 2.06. The maximum Gasteiger partial charge on any atom is 0.147 e. The zero-order valence-corrected chi connectivity index (χ0v) is 7.66. The summed E-state index contributed by atoms with van der Waals surface area (Å²) < 4.78 is 21.3. The first kappa shape index (κ1) is 11.2. The van der Waals surface area contributed by atoms with Gasteiger partial charge in [-0.2, -0.15) is 0 Å². The number of nitrogens with zero attached hydrogens (tertiary/aromatic N) is 3. The molecular weight excluding hydrogens is 180 g/mol. The average molecular weight is 192 g/mol. The van der Waals surface area contributed by atoms with Crippen LogP contribution in [0.2, 0.25) is 0 Å². The lowest BCUT2D eigenvalue weighted by Gasteiger charge is -2.05. The van der Waals surface area contributed by atoms with Crippen molar-refractivity contribution in [2.45, 2.75) is 12.5 Å². The molecule has 0 rings (SSSR count). The highest BCUT2D eigenvalue weighted by Crippen LogP contribution is 1.94. The molecule has 0 aliphatic rings. The summed E-state index contributed by atoms with van der Waals surface area (Å²) in [6.45, 7) is 0.145. The van der Waals surface area contributed by atoms with Gasteiger partial charge in [-0.15, -0.1) is 0 Å². The molecule has 0 unspecified atom stereocenters. The van der Waals surface area contributed by atoms with Crippen molar-refractivity contribution >= 4 is 9.84 Å². The van der Waals surface area contributed by atoms with Crippen molar-refractivity contribution in [3.63, 3.8) is 0 Å². The zero-order chi connectivity index (χ0) is 9.61. The lowest BCUT2D eigenvalue weighted by atomic mass is 10.2. The molecule has 0 bridgehead atoms. The maximum absolute atomic E-state index is 10.7. The lowest BCUT2D eigenvalue weighted by molar-refractivity contribution is 0.588. The van der Waals surface area contributed by atoms with E-state index in [1.54, 1.807) is 0 Å². The summed E-state index contributed by atoms with van der Waals surface area (Å²) in [5.41, 5.74) is 13.4. The number of hydrogen-bond donors (Lipinski definition) is 1. The van der Waals surface area contributed by atoms with Crippen LogP contribution in [0.5, 0.6) is 0 Å². The molecule has 2 N–H and O–H groups in total. The van der Waals surface area contributed by atoms with Crippen LogP contribution in [-0.2, 0) is 9.84 Å². The number of hydrogen-bond acceptors (Lipinski definition) is 4. The summed E-state index contributed by atoms with van der Waals surface area (Å²) >= 11 is 0. The minimum absolute atomic E-state index is 0.0368. The van der Waals surface area contributed by atoms with E-state index in [1.807, 2.05) is 0 Å². The second kappa shape index (κ2) is 4.97. The van der Waals surface area contributed by atoms with Crippen LogP contribution < -0.4 is 5.73 Å². The van der Waals surface area contributed by atoms with E-state index in [0.29, 0.717) is 6.42 Å². The highest BCUT2D eigenvalue weighted by molar-refractivity contribution is 7.90. The van der Waals surface area contributed by atoms with Gasteiger partial charge < -0.3 is 5.73 Å². The van der Waals surface area contributed by atoms with Crippen molar-refractivity contribution in [1.82, 2.24) is 0 Å². The van der Waals surface area contributed by atoms with E-state index < -0.39 is 9.84 Å².